The molecule has 4 aliphatic carbocycles. The molecule has 0 spiro atoms. The molecule has 5 N–H and O–H groups in total. The van der Waals surface area contributed by atoms with Crippen LogP contribution in [0.25, 0.3) is 0 Å². The minimum absolute atomic E-state index is 0.0400. The summed E-state index contributed by atoms with van der Waals surface area (Å²) in [5.74, 6) is 8.84. The zero-order valence-electron chi connectivity index (χ0n) is 68.3. The molecule has 4 unspecified atom stereocenters. The average Bonchev–Trinajstić information content (AvgIpc) is 1.68. The van der Waals surface area contributed by atoms with Crippen LogP contribution in [-0.4, -0.2) is 125 Å². The number of anilines is 8. The predicted octanol–water partition coefficient (Wildman–Crippen LogP) is 17.9. The van der Waals surface area contributed by atoms with Gasteiger partial charge in [0.15, 0.2) is 46.0 Å². The van der Waals surface area contributed by atoms with E-state index < -0.39 is 0 Å². The number of nitrogens with one attached hydrogen (secondary N) is 1. The molecule has 4 aliphatic heterocycles. The number of benzene rings is 7. The standard InChI is InChI=1S/C27H30N4O4.2C23H28N2O3.C21H24N2O3/c1-33-21-10-8-20(9-11-21)29-27-28-14-13-25(30-27)31-17-19(16-26(31)32)18-7-12-23(34-2)24(15-18)35-22-5-3-4-6-22;1-15-7-9-18(13-20(15)24)25-14-17(12-23(25)26)16-8-10-21(27-2)22(11-16)28-19-5-3-4-6-19;1-15-7-9-18(24)13-20(15)25-14-17(12-23(25)26)16-8-10-21(27-2)22(11-16)28-19-5-3-4-6-19;1-25-19-7-6-15(12-20(19)26-18-4-2-3-5-18)16-13-21(24)23(14-16)17-8-10-22-11-9-17/h7-15,19,22H,3-6,16-17H2,1-2H3,(H,28,29,30);2*7-11,13,17,19H,3-6,12,14,24H2,1-2H3;6-12,16,18H,2-5,13-14H2,1H3. The van der Waals surface area contributed by atoms with Crippen LogP contribution in [-0.2, 0) is 19.2 Å². The molecule has 7 aromatic carbocycles. The molecule has 8 aliphatic rings. The van der Waals surface area contributed by atoms with Crippen molar-refractivity contribution in [1.29, 1.82) is 0 Å². The second-order valence-corrected chi connectivity index (χ2v) is 31.7. The van der Waals surface area contributed by atoms with Gasteiger partial charge >= 0.3 is 0 Å². The summed E-state index contributed by atoms with van der Waals surface area (Å²) in [6, 6.07) is 48.8. The number of nitrogens with two attached hydrogens (primary N) is 2. The largest absolute Gasteiger partial charge is 0.497 e. The Kier molecular flexibility index (Phi) is 26.8. The summed E-state index contributed by atoms with van der Waals surface area (Å²) in [5.41, 5.74) is 23.4. The highest BCUT2D eigenvalue weighted by atomic mass is 16.5. The van der Waals surface area contributed by atoms with Crippen molar-refractivity contribution in [3.63, 3.8) is 0 Å². The number of ether oxygens (including phenoxy) is 9. The minimum Gasteiger partial charge on any atom is -0.497 e. The van der Waals surface area contributed by atoms with E-state index in [9.17, 15) is 19.2 Å². The maximum Gasteiger partial charge on any atom is 0.229 e. The molecular formula is C94H110N10O13. The van der Waals surface area contributed by atoms with Gasteiger partial charge in [0.25, 0.3) is 0 Å². The van der Waals surface area contributed by atoms with Crippen molar-refractivity contribution in [3.05, 3.63) is 204 Å². The number of methoxy groups -OCH3 is 5. The highest BCUT2D eigenvalue weighted by Crippen LogP contribution is 2.45. The lowest BCUT2D eigenvalue weighted by molar-refractivity contribution is -0.118. The Morgan fingerprint density at radius 3 is 1.16 bits per heavy atom. The molecule has 23 nitrogen and oxygen atoms in total. The number of hydrogen-bond acceptors (Lipinski definition) is 19. The SMILES string of the molecule is COc1ccc(C2CC(=O)N(c3cc(N)ccc3C)C2)cc1OC1CCCC1.COc1ccc(C2CC(=O)N(c3ccc(C)c(N)c3)C2)cc1OC1CCCC1.COc1ccc(C2CC(=O)N(c3ccncc3)C2)cc1OC1CCCC1.COc1ccc(Nc2nccc(N3CC(c4ccc(OC)c(OC5CCCC5)c4)CC3=O)n2)cc1. The van der Waals surface area contributed by atoms with E-state index in [0.29, 0.717) is 75.0 Å². The Bertz CT molecular complexity index is 4910. The van der Waals surface area contributed by atoms with Crippen molar-refractivity contribution in [2.75, 3.05) is 98.1 Å². The zero-order chi connectivity index (χ0) is 81.5. The molecule has 614 valence electrons. The van der Waals surface area contributed by atoms with Crippen molar-refractivity contribution >= 4 is 69.5 Å². The molecule has 23 heteroatoms. The van der Waals surface area contributed by atoms with Gasteiger partial charge in [-0.25, -0.2) is 4.98 Å². The zero-order valence-corrected chi connectivity index (χ0v) is 68.3. The Morgan fingerprint density at radius 2 is 0.752 bits per heavy atom. The Labute approximate surface area is 686 Å². The summed E-state index contributed by atoms with van der Waals surface area (Å²) in [6.45, 7) is 6.51. The molecule has 6 heterocycles. The molecule has 4 saturated carbocycles. The van der Waals surface area contributed by atoms with E-state index in [4.69, 9.17) is 54.1 Å². The Hall–Kier alpha value is -11.8. The molecular weight excluding hydrogens is 1480 g/mol. The van der Waals surface area contributed by atoms with Crippen LogP contribution in [0.4, 0.5) is 45.9 Å². The topological polar surface area (TPSA) is 267 Å². The maximum absolute atomic E-state index is 13.0. The van der Waals surface area contributed by atoms with Gasteiger partial charge in [0.1, 0.15) is 11.6 Å². The lowest BCUT2D eigenvalue weighted by Crippen LogP contribution is -2.25. The molecule has 0 bridgehead atoms. The number of nitrogen functional groups attached to an aromatic ring is 2. The fourth-order valence-electron chi connectivity index (χ4n) is 17.2. The summed E-state index contributed by atoms with van der Waals surface area (Å²) in [4.78, 5) is 71.1. The van der Waals surface area contributed by atoms with Gasteiger partial charge in [-0.2, -0.15) is 4.98 Å². The van der Waals surface area contributed by atoms with E-state index in [1.165, 1.54) is 51.4 Å². The van der Waals surface area contributed by atoms with Gasteiger partial charge in [-0.15, -0.1) is 0 Å². The lowest BCUT2D eigenvalue weighted by atomic mass is 9.98. The van der Waals surface area contributed by atoms with Crippen LogP contribution in [0.1, 0.15) is 185 Å². The molecule has 0 radical (unpaired) electrons. The van der Waals surface area contributed by atoms with Crippen LogP contribution in [0.15, 0.2) is 170 Å². The van der Waals surface area contributed by atoms with Crippen LogP contribution in [0.3, 0.4) is 0 Å². The fraction of sp³-hybridized carbons (Fsp3) is 0.415. The first-order chi connectivity index (χ1) is 57.0. The third kappa shape index (κ3) is 20.2. The number of hydrogen-bond donors (Lipinski definition) is 3. The summed E-state index contributed by atoms with van der Waals surface area (Å²) in [6.07, 6.45) is 26.5. The third-order valence-electron chi connectivity index (χ3n) is 23.9. The van der Waals surface area contributed by atoms with Crippen molar-refractivity contribution in [2.24, 2.45) is 0 Å². The minimum atomic E-state index is 0.0400. The number of rotatable bonds is 23. The first kappa shape index (κ1) is 81.8. The van der Waals surface area contributed by atoms with E-state index in [1.54, 1.807) is 65.1 Å². The molecule has 17 rings (SSSR count). The van der Waals surface area contributed by atoms with E-state index in [1.807, 2.05) is 156 Å². The first-order valence-corrected chi connectivity index (χ1v) is 41.4. The van der Waals surface area contributed by atoms with E-state index in [-0.39, 0.29) is 71.7 Å². The van der Waals surface area contributed by atoms with Gasteiger partial charge in [-0.05, 0) is 265 Å². The fourth-order valence-corrected chi connectivity index (χ4v) is 17.2. The van der Waals surface area contributed by atoms with E-state index >= 15 is 0 Å². The van der Waals surface area contributed by atoms with Crippen LogP contribution in [0.5, 0.6) is 51.7 Å². The van der Waals surface area contributed by atoms with Crippen LogP contribution in [0.2, 0.25) is 0 Å². The molecule has 2 aromatic heterocycles. The van der Waals surface area contributed by atoms with E-state index in [2.05, 4.69) is 38.5 Å². The van der Waals surface area contributed by atoms with Gasteiger partial charge in [0, 0.05) is 128 Å². The summed E-state index contributed by atoms with van der Waals surface area (Å²) < 4.78 is 52.1. The average molecular weight is 1590 g/mol. The summed E-state index contributed by atoms with van der Waals surface area (Å²) >= 11 is 0. The van der Waals surface area contributed by atoms with Crippen LogP contribution in [0, 0.1) is 13.8 Å². The van der Waals surface area contributed by atoms with Crippen molar-refractivity contribution in [1.82, 2.24) is 15.0 Å². The van der Waals surface area contributed by atoms with Crippen LogP contribution >= 0.6 is 0 Å². The van der Waals surface area contributed by atoms with Crippen molar-refractivity contribution in [2.45, 2.75) is 190 Å². The lowest BCUT2D eigenvalue weighted by Gasteiger charge is -2.21. The van der Waals surface area contributed by atoms with Crippen LogP contribution < -0.4 is 79.0 Å². The Balaban J connectivity index is 0.000000129. The maximum atomic E-state index is 13.0. The van der Waals surface area contributed by atoms with E-state index in [0.717, 1.165) is 159 Å². The number of pyridine rings is 1. The van der Waals surface area contributed by atoms with Crippen molar-refractivity contribution in [3.8, 4) is 51.7 Å². The smallest absolute Gasteiger partial charge is 0.229 e. The Morgan fingerprint density at radius 1 is 0.368 bits per heavy atom. The number of aryl methyl sites for hydroxylation is 2. The number of carbonyl (C=O) groups is 4. The second kappa shape index (κ2) is 38.3. The van der Waals surface area contributed by atoms with Gasteiger partial charge in [0.2, 0.25) is 29.6 Å². The molecule has 4 saturated heterocycles. The molecule has 4 atom stereocenters. The molecule has 9 aromatic rings. The third-order valence-corrected chi connectivity index (χ3v) is 23.9. The summed E-state index contributed by atoms with van der Waals surface area (Å²) in [7, 11) is 8.29. The number of carbonyl (C=O) groups excluding carboxylic acids is 4. The molecule has 117 heavy (non-hydrogen) atoms. The summed E-state index contributed by atoms with van der Waals surface area (Å²) in [5, 5.41) is 3.19. The quantitative estimate of drug-likeness (QED) is 0.0502. The first-order valence-electron chi connectivity index (χ1n) is 41.4. The second-order valence-electron chi connectivity index (χ2n) is 31.7. The number of aromatic nitrogens is 3. The van der Waals surface area contributed by atoms with Gasteiger partial charge in [0.05, 0.1) is 60.0 Å². The molecule has 4 amide bonds. The number of amides is 4. The van der Waals surface area contributed by atoms with Gasteiger partial charge in [-0.1, -0.05) is 36.4 Å². The molecule has 8 fully saturated rings. The van der Waals surface area contributed by atoms with Gasteiger partial charge < -0.3 is 74.1 Å². The normalized spacial score (nSPS) is 19.5. The predicted molar refractivity (Wildman–Crippen MR) is 456 cm³/mol. The monoisotopic (exact) mass is 1590 g/mol. The highest BCUT2D eigenvalue weighted by molar-refractivity contribution is 5.99. The van der Waals surface area contributed by atoms with Gasteiger partial charge in [-0.3, -0.25) is 29.1 Å². The van der Waals surface area contributed by atoms with Crippen molar-refractivity contribution < 1.29 is 61.8 Å². The highest BCUT2D eigenvalue weighted by Gasteiger charge is 2.38. The number of nitrogens with zero attached hydrogens (tertiary/aromatic N) is 7.